The number of non-ortho nitro benzene ring substituents is 1. The van der Waals surface area contributed by atoms with E-state index in [4.69, 9.17) is 27.9 Å². The Hall–Kier alpha value is -3.24. The molecule has 10 nitrogen and oxygen atoms in total. The lowest BCUT2D eigenvalue weighted by atomic mass is 10.0. The molecule has 0 radical (unpaired) electrons. The SMILES string of the molecule is CC(C)[C@@H](NC(=O)c1ccc([N+](=O)[O-])cc1Cl)C(=O)OCC(=O)Nc1cccnc1Cl. The van der Waals surface area contributed by atoms with Crippen LogP contribution in [0.1, 0.15) is 24.2 Å². The van der Waals surface area contributed by atoms with E-state index in [1.54, 1.807) is 19.9 Å². The molecule has 0 spiro atoms. The third kappa shape index (κ3) is 6.63. The molecule has 0 fully saturated rings. The molecule has 0 unspecified atom stereocenters. The van der Waals surface area contributed by atoms with Crippen LogP contribution in [0.4, 0.5) is 11.4 Å². The lowest BCUT2D eigenvalue weighted by molar-refractivity contribution is -0.384. The van der Waals surface area contributed by atoms with Crippen LogP contribution in [0, 0.1) is 16.0 Å². The smallest absolute Gasteiger partial charge is 0.329 e. The van der Waals surface area contributed by atoms with E-state index in [2.05, 4.69) is 15.6 Å². The number of hydrogen-bond donors (Lipinski definition) is 2. The molecule has 1 aromatic carbocycles. The van der Waals surface area contributed by atoms with Gasteiger partial charge in [0.15, 0.2) is 11.8 Å². The molecular weight excluding hydrogens is 451 g/mol. The van der Waals surface area contributed by atoms with Crippen molar-refractivity contribution in [3.8, 4) is 0 Å². The number of anilines is 1. The molecule has 2 amide bonds. The van der Waals surface area contributed by atoms with Crippen LogP contribution in [0.25, 0.3) is 0 Å². The number of nitrogens with zero attached hydrogens (tertiary/aromatic N) is 2. The quantitative estimate of drug-likeness (QED) is 0.262. The van der Waals surface area contributed by atoms with Crippen LogP contribution in [0.5, 0.6) is 0 Å². The second kappa shape index (κ2) is 10.7. The van der Waals surface area contributed by atoms with E-state index in [0.29, 0.717) is 0 Å². The van der Waals surface area contributed by atoms with Gasteiger partial charge in [-0.15, -0.1) is 0 Å². The minimum Gasteiger partial charge on any atom is -0.454 e. The van der Waals surface area contributed by atoms with Gasteiger partial charge < -0.3 is 15.4 Å². The first-order valence-electron chi connectivity index (χ1n) is 8.92. The summed E-state index contributed by atoms with van der Waals surface area (Å²) in [7, 11) is 0. The fourth-order valence-corrected chi connectivity index (χ4v) is 2.84. The summed E-state index contributed by atoms with van der Waals surface area (Å²) in [5.74, 6) is -2.59. The number of ether oxygens (including phenoxy) is 1. The monoisotopic (exact) mass is 468 g/mol. The zero-order valence-electron chi connectivity index (χ0n) is 16.4. The normalized spacial score (nSPS) is 11.5. The van der Waals surface area contributed by atoms with Gasteiger partial charge in [-0.3, -0.25) is 19.7 Å². The number of amides is 2. The van der Waals surface area contributed by atoms with Crippen molar-refractivity contribution < 1.29 is 24.0 Å². The van der Waals surface area contributed by atoms with Gasteiger partial charge in [0.05, 0.1) is 21.2 Å². The van der Waals surface area contributed by atoms with E-state index in [1.807, 2.05) is 0 Å². The number of carbonyl (C=O) groups is 3. The van der Waals surface area contributed by atoms with E-state index >= 15 is 0 Å². The molecule has 1 aromatic heterocycles. The van der Waals surface area contributed by atoms with E-state index < -0.39 is 35.4 Å². The van der Waals surface area contributed by atoms with Crippen LogP contribution in [0.3, 0.4) is 0 Å². The number of aromatic nitrogens is 1. The maximum absolute atomic E-state index is 12.5. The van der Waals surface area contributed by atoms with Crippen molar-refractivity contribution >= 4 is 52.4 Å². The largest absolute Gasteiger partial charge is 0.454 e. The van der Waals surface area contributed by atoms with Crippen molar-refractivity contribution in [3.63, 3.8) is 0 Å². The van der Waals surface area contributed by atoms with E-state index in [1.165, 1.54) is 18.3 Å². The molecule has 0 bridgehead atoms. The summed E-state index contributed by atoms with van der Waals surface area (Å²) in [5, 5.41) is 15.7. The predicted molar refractivity (Wildman–Crippen MR) is 113 cm³/mol. The number of hydrogen-bond acceptors (Lipinski definition) is 7. The zero-order valence-corrected chi connectivity index (χ0v) is 17.9. The van der Waals surface area contributed by atoms with Gasteiger partial charge in [-0.2, -0.15) is 0 Å². The second-order valence-corrected chi connectivity index (χ2v) is 7.38. The van der Waals surface area contributed by atoms with Crippen molar-refractivity contribution in [2.45, 2.75) is 19.9 Å². The summed E-state index contributed by atoms with van der Waals surface area (Å²) < 4.78 is 5.01. The van der Waals surface area contributed by atoms with Crippen molar-refractivity contribution in [1.29, 1.82) is 0 Å². The Kier molecular flexibility index (Phi) is 8.29. The Morgan fingerprint density at radius 2 is 1.94 bits per heavy atom. The molecule has 12 heteroatoms. The lowest BCUT2D eigenvalue weighted by Gasteiger charge is -2.21. The third-order valence-corrected chi connectivity index (χ3v) is 4.61. The van der Waals surface area contributed by atoms with Gasteiger partial charge in [-0.25, -0.2) is 9.78 Å². The minimum atomic E-state index is -1.09. The van der Waals surface area contributed by atoms with Crippen molar-refractivity contribution in [3.05, 3.63) is 62.4 Å². The summed E-state index contributed by atoms with van der Waals surface area (Å²) in [4.78, 5) is 50.9. The highest BCUT2D eigenvalue weighted by Gasteiger charge is 2.28. The Morgan fingerprint density at radius 1 is 1.23 bits per heavy atom. The molecule has 0 aliphatic rings. The highest BCUT2D eigenvalue weighted by molar-refractivity contribution is 6.34. The fraction of sp³-hybridized carbons (Fsp3) is 0.263. The van der Waals surface area contributed by atoms with Gasteiger partial charge in [0.2, 0.25) is 0 Å². The first-order chi connectivity index (χ1) is 14.6. The summed E-state index contributed by atoms with van der Waals surface area (Å²) in [6, 6.07) is 5.35. The Morgan fingerprint density at radius 3 is 2.52 bits per heavy atom. The standard InChI is InChI=1S/C19H18Cl2N4O6/c1-10(2)16(24-18(27)12-6-5-11(25(29)30)8-13(12)20)19(28)31-9-15(26)23-14-4-3-7-22-17(14)21/h3-8,10,16H,9H2,1-2H3,(H,23,26)(H,24,27)/t16-/m1/s1. The van der Waals surface area contributed by atoms with Crippen molar-refractivity contribution in [2.24, 2.45) is 5.92 Å². The van der Waals surface area contributed by atoms with E-state index in [0.717, 1.165) is 12.1 Å². The second-order valence-electron chi connectivity index (χ2n) is 6.61. The number of halogens is 2. The third-order valence-electron chi connectivity index (χ3n) is 3.99. The Balaban J connectivity index is 2.00. The van der Waals surface area contributed by atoms with Crippen molar-refractivity contribution in [1.82, 2.24) is 10.3 Å². The van der Waals surface area contributed by atoms with Gasteiger partial charge in [0.25, 0.3) is 17.5 Å². The van der Waals surface area contributed by atoms with Crippen LogP contribution in [0.2, 0.25) is 10.2 Å². The first kappa shape index (κ1) is 24.0. The summed E-state index contributed by atoms with van der Waals surface area (Å²) in [6.07, 6.45) is 1.45. The lowest BCUT2D eigenvalue weighted by Crippen LogP contribution is -2.46. The van der Waals surface area contributed by atoms with Crippen LogP contribution in [0.15, 0.2) is 36.5 Å². The molecule has 0 aliphatic heterocycles. The van der Waals surface area contributed by atoms with Crippen LogP contribution < -0.4 is 10.6 Å². The number of nitro benzene ring substituents is 1. The minimum absolute atomic E-state index is 0.0466. The number of benzene rings is 1. The summed E-state index contributed by atoms with van der Waals surface area (Å²) in [6.45, 7) is 2.72. The topological polar surface area (TPSA) is 141 Å². The van der Waals surface area contributed by atoms with Gasteiger partial charge >= 0.3 is 5.97 Å². The maximum atomic E-state index is 12.5. The highest BCUT2D eigenvalue weighted by atomic mass is 35.5. The molecule has 2 aromatic rings. The molecule has 2 N–H and O–H groups in total. The maximum Gasteiger partial charge on any atom is 0.329 e. The summed E-state index contributed by atoms with van der Waals surface area (Å²) in [5.41, 5.74) is -0.0671. The zero-order chi connectivity index (χ0) is 23.1. The molecule has 2 rings (SSSR count). The van der Waals surface area contributed by atoms with Gasteiger partial charge in [-0.1, -0.05) is 37.0 Å². The van der Waals surface area contributed by atoms with Gasteiger partial charge in [-0.05, 0) is 24.1 Å². The highest BCUT2D eigenvalue weighted by Crippen LogP contribution is 2.23. The Labute approximate surface area is 187 Å². The van der Waals surface area contributed by atoms with Crippen LogP contribution in [-0.4, -0.2) is 40.3 Å². The van der Waals surface area contributed by atoms with Crippen molar-refractivity contribution in [2.75, 3.05) is 11.9 Å². The average Bonchev–Trinajstić information content (AvgIpc) is 2.71. The number of nitro groups is 1. The number of esters is 1. The van der Waals surface area contributed by atoms with Gasteiger partial charge in [0, 0.05) is 18.3 Å². The molecule has 1 heterocycles. The average molecular weight is 469 g/mol. The molecule has 31 heavy (non-hydrogen) atoms. The molecule has 0 saturated carbocycles. The number of pyridine rings is 1. The fourth-order valence-electron chi connectivity index (χ4n) is 2.41. The molecular formula is C19H18Cl2N4O6. The number of carbonyl (C=O) groups excluding carboxylic acids is 3. The summed E-state index contributed by atoms with van der Waals surface area (Å²) >= 11 is 11.8. The molecule has 1 atom stereocenters. The van der Waals surface area contributed by atoms with Gasteiger partial charge in [0.1, 0.15) is 6.04 Å². The van der Waals surface area contributed by atoms with Crippen LogP contribution in [-0.2, 0) is 14.3 Å². The number of rotatable bonds is 8. The first-order valence-corrected chi connectivity index (χ1v) is 9.67. The molecule has 164 valence electrons. The van der Waals surface area contributed by atoms with Crippen LogP contribution >= 0.6 is 23.2 Å². The molecule has 0 saturated heterocycles. The van der Waals surface area contributed by atoms with E-state index in [-0.39, 0.29) is 33.0 Å². The number of nitrogens with one attached hydrogen (secondary N) is 2. The predicted octanol–water partition coefficient (Wildman–Crippen LogP) is 3.23. The molecule has 0 aliphatic carbocycles. The Bertz CT molecular complexity index is 1010. The van der Waals surface area contributed by atoms with E-state index in [9.17, 15) is 24.5 Å².